The van der Waals surface area contributed by atoms with Crippen molar-refractivity contribution in [1.82, 2.24) is 10.3 Å². The molecule has 0 bridgehead atoms. The van der Waals surface area contributed by atoms with Crippen molar-refractivity contribution < 1.29 is 14.3 Å². The summed E-state index contributed by atoms with van der Waals surface area (Å²) in [4.78, 5) is 15.4. The predicted molar refractivity (Wildman–Crippen MR) is 74.3 cm³/mol. The van der Waals surface area contributed by atoms with E-state index in [0.717, 1.165) is 0 Å². The molecule has 1 atom stereocenters. The van der Waals surface area contributed by atoms with E-state index in [1.54, 1.807) is 30.5 Å². The van der Waals surface area contributed by atoms with E-state index in [4.69, 9.17) is 4.74 Å². The number of amides is 1. The Morgan fingerprint density at radius 3 is 2.55 bits per heavy atom. The molecular weight excluding hydrogens is 258 g/mol. The third kappa shape index (κ3) is 4.16. The number of nitrogens with zero attached hydrogens (tertiary/aromatic N) is 1. The Labute approximate surface area is 116 Å². The molecule has 20 heavy (non-hydrogen) atoms. The number of pyridine rings is 1. The molecule has 0 saturated carbocycles. The predicted octanol–water partition coefficient (Wildman–Crippen LogP) is 2.21. The van der Waals surface area contributed by atoms with Gasteiger partial charge < -0.3 is 14.8 Å². The summed E-state index contributed by atoms with van der Waals surface area (Å²) >= 11 is 0. The molecular formula is C14H15N3O3. The molecule has 2 aromatic rings. The number of hydrogen-bond acceptors (Lipinski definition) is 5. The number of carbonyl (C=O) groups is 1. The molecule has 2 rings (SSSR count). The van der Waals surface area contributed by atoms with Crippen LogP contribution in [-0.2, 0) is 4.74 Å². The number of methoxy groups -OCH3 is 1. The Hall–Kier alpha value is -2.76. The molecule has 1 unspecified atom stereocenters. The third-order valence-corrected chi connectivity index (χ3v) is 2.38. The van der Waals surface area contributed by atoms with Crippen LogP contribution in [0.15, 0.2) is 54.7 Å². The highest BCUT2D eigenvalue weighted by atomic mass is 16.6. The summed E-state index contributed by atoms with van der Waals surface area (Å²) < 4.78 is 10.2. The zero-order valence-electron chi connectivity index (χ0n) is 10.9. The molecule has 6 heteroatoms. The van der Waals surface area contributed by atoms with E-state index in [0.29, 0.717) is 11.6 Å². The fourth-order valence-corrected chi connectivity index (χ4v) is 1.48. The first kappa shape index (κ1) is 13.7. The van der Waals surface area contributed by atoms with Crippen LogP contribution in [0.4, 0.5) is 10.6 Å². The lowest BCUT2D eigenvalue weighted by atomic mass is 10.3. The van der Waals surface area contributed by atoms with Crippen LogP contribution in [0.2, 0.25) is 0 Å². The van der Waals surface area contributed by atoms with E-state index < -0.39 is 12.4 Å². The second-order valence-corrected chi connectivity index (χ2v) is 3.81. The SMILES string of the molecule is COC(=O)NC(Nc1ccccn1)Oc1ccccc1. The standard InChI is InChI=1S/C14H15N3O3/c1-19-14(18)17-13(16-12-9-5-6-10-15-12)20-11-7-3-2-4-8-11/h2-10,13H,1H3,(H,15,16)(H,17,18). The lowest BCUT2D eigenvalue weighted by molar-refractivity contribution is 0.136. The molecule has 1 aromatic carbocycles. The second kappa shape index (κ2) is 6.98. The molecule has 0 radical (unpaired) electrons. The van der Waals surface area contributed by atoms with E-state index in [9.17, 15) is 4.79 Å². The number of alkyl carbamates (subject to hydrolysis) is 1. The van der Waals surface area contributed by atoms with Crippen LogP contribution in [0.3, 0.4) is 0 Å². The number of benzene rings is 1. The van der Waals surface area contributed by atoms with Gasteiger partial charge in [0.1, 0.15) is 11.6 Å². The molecule has 0 aliphatic carbocycles. The number of hydrogen-bond donors (Lipinski definition) is 2. The molecule has 1 heterocycles. The van der Waals surface area contributed by atoms with Gasteiger partial charge in [-0.1, -0.05) is 24.3 Å². The fraction of sp³-hybridized carbons (Fsp3) is 0.143. The van der Waals surface area contributed by atoms with Crippen LogP contribution in [0.5, 0.6) is 5.75 Å². The van der Waals surface area contributed by atoms with Crippen LogP contribution in [-0.4, -0.2) is 24.5 Å². The molecule has 104 valence electrons. The van der Waals surface area contributed by atoms with Crippen LogP contribution < -0.4 is 15.4 Å². The third-order valence-electron chi connectivity index (χ3n) is 2.38. The Morgan fingerprint density at radius 2 is 1.90 bits per heavy atom. The van der Waals surface area contributed by atoms with E-state index in [-0.39, 0.29) is 0 Å². The Morgan fingerprint density at radius 1 is 1.15 bits per heavy atom. The van der Waals surface area contributed by atoms with Gasteiger partial charge in [-0.15, -0.1) is 0 Å². The van der Waals surface area contributed by atoms with Gasteiger partial charge in [0.25, 0.3) is 6.35 Å². The summed E-state index contributed by atoms with van der Waals surface area (Å²) in [5.74, 6) is 1.18. The van der Waals surface area contributed by atoms with Crippen molar-refractivity contribution in [2.75, 3.05) is 12.4 Å². The Balaban J connectivity index is 2.06. The molecule has 0 spiro atoms. The van der Waals surface area contributed by atoms with E-state index in [2.05, 4.69) is 20.4 Å². The average Bonchev–Trinajstić information content (AvgIpc) is 2.49. The molecule has 1 aromatic heterocycles. The molecule has 0 aliphatic rings. The molecule has 0 fully saturated rings. The number of rotatable bonds is 5. The molecule has 1 amide bonds. The summed E-state index contributed by atoms with van der Waals surface area (Å²) in [5.41, 5.74) is 0. The minimum Gasteiger partial charge on any atom is -0.453 e. The van der Waals surface area contributed by atoms with Crippen LogP contribution in [0.25, 0.3) is 0 Å². The molecule has 2 N–H and O–H groups in total. The van der Waals surface area contributed by atoms with Gasteiger partial charge >= 0.3 is 6.09 Å². The van der Waals surface area contributed by atoms with Crippen LogP contribution in [0.1, 0.15) is 0 Å². The molecule has 0 aliphatic heterocycles. The van der Waals surface area contributed by atoms with Gasteiger partial charge in [-0.25, -0.2) is 9.78 Å². The number of aromatic nitrogens is 1. The molecule has 6 nitrogen and oxygen atoms in total. The minimum absolute atomic E-state index is 0.574. The highest BCUT2D eigenvalue weighted by Gasteiger charge is 2.14. The van der Waals surface area contributed by atoms with Gasteiger partial charge in [-0.05, 0) is 24.3 Å². The van der Waals surface area contributed by atoms with Crippen LogP contribution in [0, 0.1) is 0 Å². The van der Waals surface area contributed by atoms with Crippen molar-refractivity contribution in [3.05, 3.63) is 54.7 Å². The van der Waals surface area contributed by atoms with Crippen molar-refractivity contribution in [3.63, 3.8) is 0 Å². The van der Waals surface area contributed by atoms with Crippen molar-refractivity contribution in [2.45, 2.75) is 6.35 Å². The summed E-state index contributed by atoms with van der Waals surface area (Å²) in [7, 11) is 1.29. The largest absolute Gasteiger partial charge is 0.453 e. The normalized spacial score (nSPS) is 11.2. The maximum atomic E-state index is 11.3. The van der Waals surface area contributed by atoms with Gasteiger partial charge in [0.05, 0.1) is 7.11 Å². The highest BCUT2D eigenvalue weighted by molar-refractivity contribution is 5.67. The zero-order chi connectivity index (χ0) is 14.2. The number of ether oxygens (including phenoxy) is 2. The van der Waals surface area contributed by atoms with Crippen molar-refractivity contribution in [2.24, 2.45) is 0 Å². The van der Waals surface area contributed by atoms with Gasteiger partial charge in [-0.2, -0.15) is 0 Å². The van der Waals surface area contributed by atoms with Gasteiger partial charge in [0.2, 0.25) is 0 Å². The summed E-state index contributed by atoms with van der Waals surface area (Å²) in [6, 6.07) is 14.5. The monoisotopic (exact) mass is 273 g/mol. The first-order chi connectivity index (χ1) is 9.78. The summed E-state index contributed by atoms with van der Waals surface area (Å²) in [6.07, 6.45) is 0.245. The smallest absolute Gasteiger partial charge is 0.411 e. The number of para-hydroxylation sites is 1. The fourth-order valence-electron chi connectivity index (χ4n) is 1.48. The number of carbonyl (C=O) groups excluding carboxylic acids is 1. The van der Waals surface area contributed by atoms with Crippen molar-refractivity contribution >= 4 is 11.9 Å². The van der Waals surface area contributed by atoms with Gasteiger partial charge in [-0.3, -0.25) is 5.32 Å². The quantitative estimate of drug-likeness (QED) is 0.817. The van der Waals surface area contributed by atoms with Crippen molar-refractivity contribution in [3.8, 4) is 5.75 Å². The van der Waals surface area contributed by atoms with Gasteiger partial charge in [0.15, 0.2) is 0 Å². The number of anilines is 1. The number of nitrogens with one attached hydrogen (secondary N) is 2. The lowest BCUT2D eigenvalue weighted by Crippen LogP contribution is -2.44. The van der Waals surface area contributed by atoms with E-state index in [1.165, 1.54) is 7.11 Å². The first-order valence-electron chi connectivity index (χ1n) is 6.01. The summed E-state index contributed by atoms with van der Waals surface area (Å²) in [5, 5.41) is 5.48. The lowest BCUT2D eigenvalue weighted by Gasteiger charge is -2.21. The molecule has 0 saturated heterocycles. The first-order valence-corrected chi connectivity index (χ1v) is 6.01. The van der Waals surface area contributed by atoms with Crippen molar-refractivity contribution in [1.29, 1.82) is 0 Å². The highest BCUT2D eigenvalue weighted by Crippen LogP contribution is 2.11. The van der Waals surface area contributed by atoms with E-state index in [1.807, 2.05) is 24.3 Å². The topological polar surface area (TPSA) is 72.5 Å². The second-order valence-electron chi connectivity index (χ2n) is 3.81. The Kier molecular flexibility index (Phi) is 4.77. The maximum absolute atomic E-state index is 11.3. The Bertz CT molecular complexity index is 492. The van der Waals surface area contributed by atoms with Crippen LogP contribution >= 0.6 is 0 Å². The zero-order valence-corrected chi connectivity index (χ0v) is 10.9. The summed E-state index contributed by atoms with van der Waals surface area (Å²) in [6.45, 7) is 0. The maximum Gasteiger partial charge on any atom is 0.411 e. The van der Waals surface area contributed by atoms with E-state index >= 15 is 0 Å². The minimum atomic E-state index is -0.792. The average molecular weight is 273 g/mol. The van der Waals surface area contributed by atoms with Gasteiger partial charge in [0, 0.05) is 6.20 Å².